The summed E-state index contributed by atoms with van der Waals surface area (Å²) in [4.78, 5) is 42.9. The summed E-state index contributed by atoms with van der Waals surface area (Å²) < 4.78 is 13.3. The average molecular weight is 492 g/mol. The average Bonchev–Trinajstić information content (AvgIpc) is 3.13. The zero-order chi connectivity index (χ0) is 24.8. The van der Waals surface area contributed by atoms with E-state index in [1.54, 1.807) is 4.90 Å². The molecule has 2 N–H and O–H groups in total. The number of rotatable bonds is 8. The number of benzene rings is 3. The first-order valence-corrected chi connectivity index (χ1v) is 11.8. The van der Waals surface area contributed by atoms with Crippen LogP contribution in [0, 0.1) is 5.82 Å². The number of aromatic carboxylic acids is 1. The van der Waals surface area contributed by atoms with E-state index in [1.807, 2.05) is 30.3 Å². The van der Waals surface area contributed by atoms with Crippen molar-refractivity contribution in [2.24, 2.45) is 4.99 Å². The maximum atomic E-state index is 13.3. The molecule has 3 aromatic carbocycles. The zero-order valence-corrected chi connectivity index (χ0v) is 19.4. The number of amidine groups is 1. The van der Waals surface area contributed by atoms with E-state index in [2.05, 4.69) is 10.3 Å². The predicted octanol–water partition coefficient (Wildman–Crippen LogP) is 4.73. The number of carbonyl (C=O) groups excluding carboxylic acids is 2. The van der Waals surface area contributed by atoms with Crippen molar-refractivity contribution < 1.29 is 23.9 Å². The van der Waals surface area contributed by atoms with Crippen molar-refractivity contribution in [3.8, 4) is 0 Å². The van der Waals surface area contributed by atoms with E-state index < -0.39 is 11.2 Å². The topological polar surface area (TPSA) is 99.1 Å². The number of thioether (sulfide) groups is 1. The molecule has 2 amide bonds. The molecule has 1 aliphatic rings. The third-order valence-electron chi connectivity index (χ3n) is 5.32. The van der Waals surface area contributed by atoms with Crippen LogP contribution in [0.1, 0.15) is 22.3 Å². The van der Waals surface area contributed by atoms with E-state index in [4.69, 9.17) is 5.11 Å². The molecule has 0 bridgehead atoms. The summed E-state index contributed by atoms with van der Waals surface area (Å²) in [5.41, 5.74) is 2.13. The molecule has 0 unspecified atom stereocenters. The molecule has 9 heteroatoms. The highest BCUT2D eigenvalue weighted by Gasteiger charge is 2.39. The second-order valence-corrected chi connectivity index (χ2v) is 9.01. The molecular formula is C26H22FN3O4S. The Hall–Kier alpha value is -3.98. The van der Waals surface area contributed by atoms with Gasteiger partial charge in [-0.25, -0.2) is 14.2 Å². The van der Waals surface area contributed by atoms with Gasteiger partial charge in [-0.2, -0.15) is 0 Å². The van der Waals surface area contributed by atoms with Gasteiger partial charge in [0.15, 0.2) is 5.17 Å². The Labute approximate surface area is 205 Å². The molecule has 0 aliphatic carbocycles. The Kier molecular flexibility index (Phi) is 7.57. The van der Waals surface area contributed by atoms with Gasteiger partial charge < -0.3 is 10.4 Å². The number of aliphatic imine (C=N–C) groups is 1. The molecule has 1 fully saturated rings. The summed E-state index contributed by atoms with van der Waals surface area (Å²) in [6, 6.07) is 21.2. The van der Waals surface area contributed by atoms with Gasteiger partial charge in [0.2, 0.25) is 11.8 Å². The smallest absolute Gasteiger partial charge is 0.335 e. The lowest BCUT2D eigenvalue weighted by atomic mass is 10.1. The van der Waals surface area contributed by atoms with Crippen LogP contribution in [0.4, 0.5) is 15.8 Å². The molecule has 3 aromatic rings. The van der Waals surface area contributed by atoms with Crippen LogP contribution in [-0.2, 0) is 16.0 Å². The summed E-state index contributed by atoms with van der Waals surface area (Å²) in [5, 5.41) is 11.5. The van der Waals surface area contributed by atoms with Gasteiger partial charge in [0.25, 0.3) is 0 Å². The number of halogens is 1. The van der Waals surface area contributed by atoms with E-state index in [-0.39, 0.29) is 29.6 Å². The van der Waals surface area contributed by atoms with Gasteiger partial charge in [-0.15, -0.1) is 0 Å². The Morgan fingerprint density at radius 2 is 1.69 bits per heavy atom. The van der Waals surface area contributed by atoms with Gasteiger partial charge in [0.1, 0.15) is 11.1 Å². The van der Waals surface area contributed by atoms with Gasteiger partial charge in [-0.3, -0.25) is 14.5 Å². The predicted molar refractivity (Wildman–Crippen MR) is 133 cm³/mol. The van der Waals surface area contributed by atoms with Crippen LogP contribution in [0.2, 0.25) is 0 Å². The van der Waals surface area contributed by atoms with Gasteiger partial charge >= 0.3 is 5.97 Å². The van der Waals surface area contributed by atoms with Gasteiger partial charge in [0, 0.05) is 18.7 Å². The molecule has 0 spiro atoms. The molecule has 0 aromatic heterocycles. The lowest BCUT2D eigenvalue weighted by Crippen LogP contribution is -2.35. The number of carbonyl (C=O) groups is 3. The molecule has 0 radical (unpaired) electrons. The summed E-state index contributed by atoms with van der Waals surface area (Å²) in [7, 11) is 0. The summed E-state index contributed by atoms with van der Waals surface area (Å²) >= 11 is 1.20. The molecular weight excluding hydrogens is 469 g/mol. The first kappa shape index (κ1) is 24.2. The second kappa shape index (κ2) is 11.0. The quantitative estimate of drug-likeness (QED) is 0.475. The van der Waals surface area contributed by atoms with Crippen molar-refractivity contribution in [3.05, 3.63) is 95.8 Å². The lowest BCUT2D eigenvalue weighted by molar-refractivity contribution is -0.128. The maximum absolute atomic E-state index is 13.3. The van der Waals surface area contributed by atoms with Crippen LogP contribution in [-0.4, -0.2) is 44.8 Å². The molecule has 178 valence electrons. The first-order chi connectivity index (χ1) is 16.9. The fraction of sp³-hybridized carbons (Fsp3) is 0.154. The highest BCUT2D eigenvalue weighted by Crippen LogP contribution is 2.32. The highest BCUT2D eigenvalue weighted by atomic mass is 32.2. The third-order valence-corrected chi connectivity index (χ3v) is 6.50. The SMILES string of the molecule is O=C(C[C@H]1SC(=Nc2ccc(F)cc2)N(CCc2ccccc2)C1=O)Nc1ccc(C(=O)O)cc1. The Morgan fingerprint density at radius 1 is 1.00 bits per heavy atom. The molecule has 7 nitrogen and oxygen atoms in total. The van der Waals surface area contributed by atoms with Gasteiger partial charge in [0.05, 0.1) is 11.3 Å². The fourth-order valence-corrected chi connectivity index (χ4v) is 4.70. The lowest BCUT2D eigenvalue weighted by Gasteiger charge is -2.16. The van der Waals surface area contributed by atoms with E-state index in [0.29, 0.717) is 29.5 Å². The minimum absolute atomic E-state index is 0.0749. The van der Waals surface area contributed by atoms with Crippen LogP contribution in [0.15, 0.2) is 83.9 Å². The van der Waals surface area contributed by atoms with Crippen LogP contribution in [0.3, 0.4) is 0 Å². The van der Waals surface area contributed by atoms with Crippen molar-refractivity contribution >= 4 is 46.1 Å². The third kappa shape index (κ3) is 6.33. The van der Waals surface area contributed by atoms with E-state index in [1.165, 1.54) is 60.3 Å². The number of hydrogen-bond donors (Lipinski definition) is 2. The summed E-state index contributed by atoms with van der Waals surface area (Å²) in [6.07, 6.45) is 0.541. The Bertz CT molecular complexity index is 1250. The number of hydrogen-bond acceptors (Lipinski definition) is 5. The number of carboxylic acid groups (broad SMARTS) is 1. The molecule has 1 aliphatic heterocycles. The van der Waals surface area contributed by atoms with Crippen molar-refractivity contribution in [1.82, 2.24) is 4.90 Å². The van der Waals surface area contributed by atoms with E-state index >= 15 is 0 Å². The minimum Gasteiger partial charge on any atom is -0.478 e. The van der Waals surface area contributed by atoms with Crippen molar-refractivity contribution in [2.75, 3.05) is 11.9 Å². The maximum Gasteiger partial charge on any atom is 0.335 e. The van der Waals surface area contributed by atoms with Crippen LogP contribution < -0.4 is 5.32 Å². The van der Waals surface area contributed by atoms with E-state index in [9.17, 15) is 18.8 Å². The number of nitrogens with zero attached hydrogens (tertiary/aromatic N) is 2. The molecule has 0 saturated carbocycles. The standard InChI is InChI=1S/C26H22FN3O4S/c27-19-8-12-21(13-9-19)29-26-30(15-14-17-4-2-1-3-5-17)24(32)22(35-26)16-23(31)28-20-10-6-18(7-11-20)25(33)34/h1-13,22H,14-16H2,(H,28,31)(H,33,34)/t22-/m1/s1. The molecule has 4 rings (SSSR count). The van der Waals surface area contributed by atoms with Gasteiger partial charge in [-0.1, -0.05) is 42.1 Å². The molecule has 1 saturated heterocycles. The van der Waals surface area contributed by atoms with E-state index in [0.717, 1.165) is 5.56 Å². The first-order valence-electron chi connectivity index (χ1n) is 10.9. The molecule has 35 heavy (non-hydrogen) atoms. The number of anilines is 1. The Balaban J connectivity index is 1.47. The normalized spacial score (nSPS) is 16.5. The number of nitrogens with one attached hydrogen (secondary N) is 1. The van der Waals surface area contributed by atoms with Crippen LogP contribution in [0.25, 0.3) is 0 Å². The summed E-state index contributed by atoms with van der Waals surface area (Å²) in [6.45, 7) is 0.393. The number of amides is 2. The second-order valence-electron chi connectivity index (χ2n) is 7.84. The Morgan fingerprint density at radius 3 is 2.34 bits per heavy atom. The fourth-order valence-electron chi connectivity index (χ4n) is 3.52. The van der Waals surface area contributed by atoms with Gasteiger partial charge in [-0.05, 0) is 60.5 Å². The van der Waals surface area contributed by atoms with Crippen LogP contribution >= 0.6 is 11.8 Å². The molecule has 1 heterocycles. The monoisotopic (exact) mass is 491 g/mol. The van der Waals surface area contributed by atoms with Crippen molar-refractivity contribution in [3.63, 3.8) is 0 Å². The molecule has 1 atom stereocenters. The summed E-state index contributed by atoms with van der Waals surface area (Å²) in [5.74, 6) is -2.02. The van der Waals surface area contributed by atoms with Crippen LogP contribution in [0.5, 0.6) is 0 Å². The highest BCUT2D eigenvalue weighted by molar-refractivity contribution is 8.15. The largest absolute Gasteiger partial charge is 0.478 e. The zero-order valence-electron chi connectivity index (χ0n) is 18.6. The van der Waals surface area contributed by atoms with Crippen molar-refractivity contribution in [1.29, 1.82) is 0 Å². The minimum atomic E-state index is -1.06. The number of carboxylic acids is 1. The van der Waals surface area contributed by atoms with Crippen molar-refractivity contribution in [2.45, 2.75) is 18.1 Å².